The van der Waals surface area contributed by atoms with Gasteiger partial charge in [0, 0.05) is 16.8 Å². The number of hydrogen-bond acceptors (Lipinski definition) is 3. The van der Waals surface area contributed by atoms with Gasteiger partial charge in [0.15, 0.2) is 5.11 Å². The van der Waals surface area contributed by atoms with Gasteiger partial charge in [-0.2, -0.15) is 0 Å². The zero-order valence-electron chi connectivity index (χ0n) is 15.6. The Morgan fingerprint density at radius 1 is 1.07 bits per heavy atom. The molecule has 2 aromatic carbocycles. The van der Waals surface area contributed by atoms with Crippen molar-refractivity contribution >= 4 is 39.8 Å². The number of anilines is 1. The first-order valence-corrected chi connectivity index (χ1v) is 9.22. The Labute approximate surface area is 164 Å². The largest absolute Gasteiger partial charge is 0.331 e. The minimum Gasteiger partial charge on any atom is -0.331 e. The summed E-state index contributed by atoms with van der Waals surface area (Å²) >= 11 is 5.34. The topological polar surface area (TPSA) is 66.0 Å². The molecule has 0 aliphatic carbocycles. The Hall–Kier alpha value is -2.99. The summed E-state index contributed by atoms with van der Waals surface area (Å²) in [6.45, 7) is 5.98. The zero-order valence-corrected chi connectivity index (χ0v) is 16.4. The van der Waals surface area contributed by atoms with Crippen LogP contribution in [0.4, 0.5) is 5.69 Å². The van der Waals surface area contributed by atoms with Gasteiger partial charge in [-0.25, -0.2) is 0 Å². The minimum absolute atomic E-state index is 0.263. The van der Waals surface area contributed by atoms with E-state index in [1.807, 2.05) is 50.2 Å². The number of pyridine rings is 1. The van der Waals surface area contributed by atoms with Gasteiger partial charge in [0.25, 0.3) is 5.91 Å². The van der Waals surface area contributed by atoms with Gasteiger partial charge in [-0.3, -0.25) is 20.6 Å². The number of amides is 1. The lowest BCUT2D eigenvalue weighted by atomic mass is 10.1. The highest BCUT2D eigenvalue weighted by molar-refractivity contribution is 7.80. The van der Waals surface area contributed by atoms with E-state index in [1.54, 1.807) is 6.07 Å². The number of para-hydroxylation sites is 2. The number of thiocarbonyl (C=S) groups is 1. The number of aromatic nitrogens is 1. The third-order valence-electron chi connectivity index (χ3n) is 4.36. The molecule has 0 unspecified atom stereocenters. The Morgan fingerprint density at radius 2 is 1.85 bits per heavy atom. The summed E-state index contributed by atoms with van der Waals surface area (Å²) in [5.41, 5.74) is 10.8. The summed E-state index contributed by atoms with van der Waals surface area (Å²) in [7, 11) is 0. The second-order valence-electron chi connectivity index (χ2n) is 6.32. The van der Waals surface area contributed by atoms with Gasteiger partial charge in [0.05, 0.1) is 11.1 Å². The number of aryl methyl sites for hydroxylation is 3. The Kier molecular flexibility index (Phi) is 5.66. The second kappa shape index (κ2) is 8.14. The molecule has 3 rings (SSSR count). The number of carbonyl (C=O) groups excluding carboxylic acids is 1. The molecule has 0 radical (unpaired) electrons. The summed E-state index contributed by atoms with van der Waals surface area (Å²) in [6.07, 6.45) is 0.890. The maximum Gasteiger partial charge on any atom is 0.270 e. The van der Waals surface area contributed by atoms with Crippen LogP contribution in [0.25, 0.3) is 10.9 Å². The quantitative estimate of drug-likeness (QED) is 0.474. The average molecular weight is 379 g/mol. The zero-order chi connectivity index (χ0) is 19.4. The number of benzene rings is 2. The molecule has 0 aliphatic rings. The van der Waals surface area contributed by atoms with Crippen LogP contribution in [0.15, 0.2) is 48.5 Å². The van der Waals surface area contributed by atoms with Crippen molar-refractivity contribution in [2.75, 3.05) is 5.32 Å². The number of hydrazine groups is 1. The first-order chi connectivity index (χ1) is 13.0. The fourth-order valence-corrected chi connectivity index (χ4v) is 3.18. The second-order valence-corrected chi connectivity index (χ2v) is 6.73. The van der Waals surface area contributed by atoms with E-state index in [1.165, 1.54) is 5.56 Å². The molecule has 0 aliphatic heterocycles. The van der Waals surface area contributed by atoms with Gasteiger partial charge in [0.1, 0.15) is 0 Å². The van der Waals surface area contributed by atoms with E-state index in [9.17, 15) is 4.79 Å². The molecule has 1 amide bonds. The van der Waals surface area contributed by atoms with Crippen molar-refractivity contribution in [3.05, 3.63) is 70.9 Å². The van der Waals surface area contributed by atoms with E-state index in [2.05, 4.69) is 34.1 Å². The molecule has 0 atom stereocenters. The maximum atomic E-state index is 12.7. The third kappa shape index (κ3) is 4.23. The molecule has 6 heteroatoms. The van der Waals surface area contributed by atoms with Crippen molar-refractivity contribution in [3.8, 4) is 0 Å². The van der Waals surface area contributed by atoms with E-state index in [0.717, 1.165) is 34.3 Å². The molecule has 3 aromatic rings. The van der Waals surface area contributed by atoms with Crippen LogP contribution in [0.1, 0.15) is 34.1 Å². The van der Waals surface area contributed by atoms with Gasteiger partial charge in [-0.15, -0.1) is 0 Å². The molecule has 0 bridgehead atoms. The number of carbonyl (C=O) groups is 1. The lowest BCUT2D eigenvalue weighted by molar-refractivity contribution is 0.0945. The predicted molar refractivity (Wildman–Crippen MR) is 114 cm³/mol. The van der Waals surface area contributed by atoms with Crippen LogP contribution in [-0.2, 0) is 6.42 Å². The van der Waals surface area contributed by atoms with E-state index in [0.29, 0.717) is 10.7 Å². The molecule has 0 saturated carbocycles. The molecule has 0 spiro atoms. The summed E-state index contributed by atoms with van der Waals surface area (Å²) in [4.78, 5) is 17.1. The van der Waals surface area contributed by atoms with Crippen LogP contribution >= 0.6 is 12.2 Å². The summed E-state index contributed by atoms with van der Waals surface area (Å²) in [5, 5.41) is 4.31. The Balaban J connectivity index is 1.72. The third-order valence-corrected chi connectivity index (χ3v) is 4.56. The van der Waals surface area contributed by atoms with E-state index < -0.39 is 0 Å². The molecule has 138 valence electrons. The standard InChI is InChI=1S/C21H22N4OS/c1-4-15-9-7-8-13(2)19(15)23-21(27)25-24-20(26)17-12-14(3)22-18-11-6-5-10-16(17)18/h5-12H,4H2,1-3H3,(H,24,26)(H2,23,25,27). The van der Waals surface area contributed by atoms with Crippen LogP contribution in [0, 0.1) is 13.8 Å². The fourth-order valence-electron chi connectivity index (χ4n) is 3.02. The average Bonchev–Trinajstić information content (AvgIpc) is 2.67. The van der Waals surface area contributed by atoms with E-state index in [4.69, 9.17) is 12.2 Å². The molecule has 1 heterocycles. The highest BCUT2D eigenvalue weighted by Gasteiger charge is 2.12. The van der Waals surface area contributed by atoms with Crippen molar-refractivity contribution in [2.24, 2.45) is 0 Å². The predicted octanol–water partition coefficient (Wildman–Crippen LogP) is 4.05. The molecular formula is C21H22N4OS. The molecule has 3 N–H and O–H groups in total. The number of rotatable bonds is 3. The smallest absolute Gasteiger partial charge is 0.270 e. The Bertz CT molecular complexity index is 1020. The minimum atomic E-state index is -0.263. The molecule has 1 aromatic heterocycles. The summed E-state index contributed by atoms with van der Waals surface area (Å²) in [5.74, 6) is -0.263. The molecule has 27 heavy (non-hydrogen) atoms. The highest BCUT2D eigenvalue weighted by atomic mass is 32.1. The lowest BCUT2D eigenvalue weighted by Crippen LogP contribution is -2.44. The number of nitrogens with zero attached hydrogens (tertiary/aromatic N) is 1. The van der Waals surface area contributed by atoms with Crippen LogP contribution in [0.3, 0.4) is 0 Å². The first-order valence-electron chi connectivity index (χ1n) is 8.81. The number of hydrogen-bond donors (Lipinski definition) is 3. The van der Waals surface area contributed by atoms with Gasteiger partial charge >= 0.3 is 0 Å². The highest BCUT2D eigenvalue weighted by Crippen LogP contribution is 2.21. The van der Waals surface area contributed by atoms with Crippen LogP contribution in [0.2, 0.25) is 0 Å². The van der Waals surface area contributed by atoms with Gasteiger partial charge in [0.2, 0.25) is 0 Å². The van der Waals surface area contributed by atoms with Crippen molar-refractivity contribution in [3.63, 3.8) is 0 Å². The van der Waals surface area contributed by atoms with Gasteiger partial charge in [-0.1, -0.05) is 43.3 Å². The van der Waals surface area contributed by atoms with Crippen LogP contribution < -0.4 is 16.2 Å². The molecule has 0 saturated heterocycles. The van der Waals surface area contributed by atoms with Gasteiger partial charge < -0.3 is 5.32 Å². The molecule has 5 nitrogen and oxygen atoms in total. The monoisotopic (exact) mass is 378 g/mol. The molecular weight excluding hydrogens is 356 g/mol. The van der Waals surface area contributed by atoms with Crippen molar-refractivity contribution in [1.29, 1.82) is 0 Å². The first kappa shape index (κ1) is 18.8. The van der Waals surface area contributed by atoms with Crippen molar-refractivity contribution in [2.45, 2.75) is 27.2 Å². The van der Waals surface area contributed by atoms with E-state index in [-0.39, 0.29) is 5.91 Å². The maximum absolute atomic E-state index is 12.7. The van der Waals surface area contributed by atoms with Crippen LogP contribution in [0.5, 0.6) is 0 Å². The Morgan fingerprint density at radius 3 is 2.63 bits per heavy atom. The van der Waals surface area contributed by atoms with Crippen LogP contribution in [-0.4, -0.2) is 16.0 Å². The SMILES string of the molecule is CCc1cccc(C)c1NC(=S)NNC(=O)c1cc(C)nc2ccccc12. The van der Waals surface area contributed by atoms with Crippen molar-refractivity contribution in [1.82, 2.24) is 15.8 Å². The number of nitrogens with one attached hydrogen (secondary N) is 3. The fraction of sp³-hybridized carbons (Fsp3) is 0.190. The van der Waals surface area contributed by atoms with Gasteiger partial charge in [-0.05, 0) is 55.7 Å². The lowest BCUT2D eigenvalue weighted by Gasteiger charge is -2.16. The number of fused-ring (bicyclic) bond motifs is 1. The summed E-state index contributed by atoms with van der Waals surface area (Å²) in [6, 6.07) is 15.4. The van der Waals surface area contributed by atoms with E-state index >= 15 is 0 Å². The normalized spacial score (nSPS) is 10.5. The summed E-state index contributed by atoms with van der Waals surface area (Å²) < 4.78 is 0. The van der Waals surface area contributed by atoms with Crippen molar-refractivity contribution < 1.29 is 4.79 Å². The molecule has 0 fully saturated rings.